The molecule has 11 heteroatoms. The second-order valence-corrected chi connectivity index (χ2v) is 9.49. The molecule has 0 spiro atoms. The molecule has 0 bridgehead atoms. The van der Waals surface area contributed by atoms with Crippen LogP contribution in [0.4, 0.5) is 10.9 Å². The highest BCUT2D eigenvalue weighted by molar-refractivity contribution is 7.15. The first-order chi connectivity index (χ1) is 14.5. The third kappa shape index (κ3) is 3.63. The van der Waals surface area contributed by atoms with Crippen LogP contribution in [0.1, 0.15) is 42.3 Å². The lowest BCUT2D eigenvalue weighted by atomic mass is 9.85. The highest BCUT2D eigenvalue weighted by atomic mass is 35.5. The van der Waals surface area contributed by atoms with E-state index in [1.807, 2.05) is 4.57 Å². The van der Waals surface area contributed by atoms with Crippen LogP contribution >= 0.6 is 22.9 Å². The fourth-order valence-electron chi connectivity index (χ4n) is 4.38. The van der Waals surface area contributed by atoms with Gasteiger partial charge in [-0.1, -0.05) is 0 Å². The third-order valence-electron chi connectivity index (χ3n) is 6.03. The summed E-state index contributed by atoms with van der Waals surface area (Å²) >= 11 is 7.57. The van der Waals surface area contributed by atoms with Gasteiger partial charge in [-0.3, -0.25) is 4.79 Å². The zero-order valence-corrected chi connectivity index (χ0v) is 18.2. The second kappa shape index (κ2) is 7.75. The van der Waals surface area contributed by atoms with E-state index in [0.717, 1.165) is 56.0 Å². The van der Waals surface area contributed by atoms with Gasteiger partial charge in [-0.15, -0.1) is 11.3 Å². The fraction of sp³-hybridized carbons (Fsp3) is 0.526. The number of nitrogens with zero attached hydrogens (tertiary/aromatic N) is 6. The minimum absolute atomic E-state index is 0.0112. The Morgan fingerprint density at radius 3 is 2.87 bits per heavy atom. The Morgan fingerprint density at radius 1 is 1.27 bits per heavy atom. The van der Waals surface area contributed by atoms with Crippen molar-refractivity contribution in [2.45, 2.75) is 44.7 Å². The normalized spacial score (nSPS) is 22.2. The average molecular weight is 447 g/mol. The van der Waals surface area contributed by atoms with E-state index in [-0.39, 0.29) is 29.0 Å². The van der Waals surface area contributed by atoms with E-state index >= 15 is 0 Å². The van der Waals surface area contributed by atoms with Crippen molar-refractivity contribution in [2.24, 2.45) is 5.92 Å². The lowest BCUT2D eigenvalue weighted by molar-refractivity contribution is -0.120. The molecule has 30 heavy (non-hydrogen) atoms. The lowest BCUT2D eigenvalue weighted by Gasteiger charge is -2.28. The fourth-order valence-corrected chi connectivity index (χ4v) is 5.64. The van der Waals surface area contributed by atoms with Crippen molar-refractivity contribution in [3.05, 3.63) is 22.2 Å². The van der Waals surface area contributed by atoms with Crippen molar-refractivity contribution in [1.29, 1.82) is 0 Å². The highest BCUT2D eigenvalue weighted by Gasteiger charge is 2.29. The maximum atomic E-state index is 12.8. The molecular formula is C19H23ClN8OS. The van der Waals surface area contributed by atoms with E-state index in [9.17, 15) is 4.79 Å². The van der Waals surface area contributed by atoms with Crippen LogP contribution in [-0.2, 0) is 17.8 Å². The molecule has 2 aliphatic rings. The van der Waals surface area contributed by atoms with Gasteiger partial charge in [0.05, 0.1) is 12.0 Å². The number of aromatic nitrogens is 5. The molecule has 1 amide bonds. The Morgan fingerprint density at radius 2 is 2.07 bits per heavy atom. The van der Waals surface area contributed by atoms with Crippen LogP contribution in [0.3, 0.4) is 0 Å². The smallest absolute Gasteiger partial charge is 0.229 e. The van der Waals surface area contributed by atoms with Crippen LogP contribution in [0.2, 0.25) is 5.28 Å². The van der Waals surface area contributed by atoms with Crippen molar-refractivity contribution < 1.29 is 4.79 Å². The van der Waals surface area contributed by atoms with Crippen LogP contribution in [0.15, 0.2) is 6.33 Å². The first kappa shape index (κ1) is 19.7. The third-order valence-corrected chi connectivity index (χ3v) is 7.20. The van der Waals surface area contributed by atoms with Crippen LogP contribution in [0, 0.1) is 5.92 Å². The summed E-state index contributed by atoms with van der Waals surface area (Å²) in [6.45, 7) is 1.92. The number of nitrogens with one attached hydrogen (secondary N) is 1. The molecule has 1 saturated carbocycles. The monoisotopic (exact) mass is 446 g/mol. The Labute approximate surface area is 182 Å². The molecule has 1 aliphatic heterocycles. The number of amides is 1. The van der Waals surface area contributed by atoms with Crippen molar-refractivity contribution >= 4 is 51.0 Å². The number of carbonyl (C=O) groups is 1. The topological polar surface area (TPSA) is 115 Å². The van der Waals surface area contributed by atoms with Crippen molar-refractivity contribution in [2.75, 3.05) is 24.6 Å². The predicted molar refractivity (Wildman–Crippen MR) is 117 cm³/mol. The van der Waals surface area contributed by atoms with E-state index < -0.39 is 0 Å². The van der Waals surface area contributed by atoms with E-state index in [4.69, 9.17) is 17.3 Å². The van der Waals surface area contributed by atoms with Gasteiger partial charge in [0.15, 0.2) is 16.6 Å². The van der Waals surface area contributed by atoms with Gasteiger partial charge in [0.1, 0.15) is 5.52 Å². The number of carbonyl (C=O) groups excluding carboxylic acids is 1. The largest absolute Gasteiger partial charge is 0.382 e. The molecule has 0 atom stereocenters. The summed E-state index contributed by atoms with van der Waals surface area (Å²) in [5.41, 5.74) is 8.25. The van der Waals surface area contributed by atoms with Gasteiger partial charge in [-0.25, -0.2) is 9.97 Å². The number of thiazole rings is 1. The second-order valence-electron chi connectivity index (χ2n) is 8.07. The summed E-state index contributed by atoms with van der Waals surface area (Å²) in [6.07, 6.45) is 6.03. The van der Waals surface area contributed by atoms with E-state index in [2.05, 4.69) is 37.2 Å². The van der Waals surface area contributed by atoms with Crippen molar-refractivity contribution in [3.63, 3.8) is 0 Å². The van der Waals surface area contributed by atoms with Gasteiger partial charge in [0.25, 0.3) is 0 Å². The number of hydrogen-bond donors (Lipinski definition) is 2. The summed E-state index contributed by atoms with van der Waals surface area (Å²) in [4.78, 5) is 33.6. The number of hydrogen-bond acceptors (Lipinski definition) is 8. The molecule has 5 rings (SSSR count). The summed E-state index contributed by atoms with van der Waals surface area (Å²) in [5.74, 6) is 0.343. The number of halogens is 1. The Kier molecular flexibility index (Phi) is 5.08. The minimum Gasteiger partial charge on any atom is -0.382 e. The minimum atomic E-state index is -0.0112. The van der Waals surface area contributed by atoms with E-state index in [0.29, 0.717) is 11.2 Å². The zero-order chi connectivity index (χ0) is 20.8. The lowest BCUT2D eigenvalue weighted by Crippen LogP contribution is -2.28. The molecule has 4 heterocycles. The average Bonchev–Trinajstić information content (AvgIpc) is 3.31. The van der Waals surface area contributed by atoms with Crippen LogP contribution < -0.4 is 11.1 Å². The van der Waals surface area contributed by atoms with E-state index in [1.54, 1.807) is 17.7 Å². The number of nitrogens with two attached hydrogens (primary N) is 1. The maximum Gasteiger partial charge on any atom is 0.229 e. The Balaban J connectivity index is 1.24. The van der Waals surface area contributed by atoms with Gasteiger partial charge in [-0.05, 0) is 44.3 Å². The van der Waals surface area contributed by atoms with Gasteiger partial charge >= 0.3 is 0 Å². The van der Waals surface area contributed by atoms with Crippen molar-refractivity contribution in [3.8, 4) is 0 Å². The first-order valence-electron chi connectivity index (χ1n) is 10.1. The molecule has 3 aromatic heterocycles. The number of nitrogen functional groups attached to an aromatic ring is 1. The van der Waals surface area contributed by atoms with Crippen molar-refractivity contribution in [1.82, 2.24) is 29.4 Å². The summed E-state index contributed by atoms with van der Waals surface area (Å²) in [6, 6.07) is 0.215. The van der Waals surface area contributed by atoms with Gasteiger partial charge in [0, 0.05) is 36.3 Å². The molecule has 0 unspecified atom stereocenters. The summed E-state index contributed by atoms with van der Waals surface area (Å²) in [5, 5.41) is 3.90. The molecule has 0 saturated heterocycles. The summed E-state index contributed by atoms with van der Waals surface area (Å²) in [7, 11) is 2.11. The molecule has 158 valence electrons. The number of rotatable bonds is 3. The van der Waals surface area contributed by atoms with Crippen LogP contribution in [-0.4, -0.2) is 48.9 Å². The number of anilines is 2. The molecule has 0 aromatic carbocycles. The van der Waals surface area contributed by atoms with Crippen LogP contribution in [0.5, 0.6) is 0 Å². The number of imidazole rings is 1. The molecule has 3 N–H and O–H groups in total. The molecular weight excluding hydrogens is 424 g/mol. The summed E-state index contributed by atoms with van der Waals surface area (Å²) < 4.78 is 2.01. The first-order valence-corrected chi connectivity index (χ1v) is 11.3. The number of likely N-dealkylation sites (N-methyl/N-ethyl adjacent to an activating group) is 1. The Bertz CT molecular complexity index is 1100. The maximum absolute atomic E-state index is 12.8. The SMILES string of the molecule is CN1CCc2nc(NC(=O)C3CCC(n4cnc5c(N)nc(Cl)nc54)CC3)sc2C1. The standard InChI is InChI=1S/C19H23ClN8OS/c1-27-7-6-12-13(8-27)30-19(23-12)26-17(29)10-2-4-11(5-3-10)28-9-22-14-15(21)24-18(20)25-16(14)28/h9-11H,2-8H2,1H3,(H2,21,24,25)(H,23,26,29). The van der Waals surface area contributed by atoms with E-state index in [1.165, 1.54) is 4.88 Å². The quantitative estimate of drug-likeness (QED) is 0.594. The van der Waals surface area contributed by atoms with Gasteiger partial charge in [-0.2, -0.15) is 9.97 Å². The van der Waals surface area contributed by atoms with Gasteiger partial charge < -0.3 is 20.5 Å². The molecule has 0 radical (unpaired) electrons. The van der Waals surface area contributed by atoms with Crippen LogP contribution in [0.25, 0.3) is 11.2 Å². The predicted octanol–water partition coefficient (Wildman–Crippen LogP) is 2.88. The zero-order valence-electron chi connectivity index (χ0n) is 16.6. The molecule has 1 fully saturated rings. The molecule has 9 nitrogen and oxygen atoms in total. The molecule has 1 aliphatic carbocycles. The van der Waals surface area contributed by atoms with Gasteiger partial charge in [0.2, 0.25) is 11.2 Å². The highest BCUT2D eigenvalue weighted by Crippen LogP contribution is 2.35. The molecule has 3 aromatic rings. The number of fused-ring (bicyclic) bond motifs is 2. The Hall–Kier alpha value is -2.30.